The standard InChI is InChI=1S/C29H32F2N6O/c1-7-23(33-26(32-6)37-14-12-17(36-37)16-27(2,3)38)29-13-11-19(28(29,4)5)18-15-22(34-35-25(18)29)24-20(30)9-8-10-21(24)31/h7-10,12,14-15,19,38H,6,11,13,16H2,1-5H3/b23-7-,33-26?/t19-,29-/m0/s1. The molecule has 198 valence electrons. The van der Waals surface area contributed by atoms with Gasteiger partial charge in [-0.2, -0.15) is 10.2 Å². The molecule has 7 nitrogen and oxygen atoms in total. The van der Waals surface area contributed by atoms with Crippen LogP contribution < -0.4 is 0 Å². The van der Waals surface area contributed by atoms with E-state index in [2.05, 4.69) is 40.9 Å². The molecule has 2 atom stereocenters. The number of rotatable bonds is 5. The predicted octanol–water partition coefficient (Wildman–Crippen LogP) is 5.60. The highest BCUT2D eigenvalue weighted by Gasteiger charge is 2.65. The van der Waals surface area contributed by atoms with E-state index >= 15 is 0 Å². The molecule has 1 fully saturated rings. The Bertz CT molecular complexity index is 1460. The first-order valence-electron chi connectivity index (χ1n) is 12.7. The minimum Gasteiger partial charge on any atom is -0.390 e. The second-order valence-corrected chi connectivity index (χ2v) is 11.3. The molecule has 0 unspecified atom stereocenters. The second-order valence-electron chi connectivity index (χ2n) is 11.3. The largest absolute Gasteiger partial charge is 0.390 e. The van der Waals surface area contributed by atoms with Gasteiger partial charge in [-0.1, -0.05) is 26.0 Å². The lowest BCUT2D eigenvalue weighted by atomic mass is 9.66. The number of nitrogens with zero attached hydrogens (tertiary/aromatic N) is 6. The second kappa shape index (κ2) is 9.01. The Morgan fingerprint density at radius 2 is 1.95 bits per heavy atom. The molecule has 5 rings (SSSR count). The van der Waals surface area contributed by atoms with Crippen molar-refractivity contribution < 1.29 is 13.9 Å². The Labute approximate surface area is 221 Å². The minimum absolute atomic E-state index is 0.120. The molecular weight excluding hydrogens is 486 g/mol. The van der Waals surface area contributed by atoms with E-state index in [0.717, 1.165) is 29.8 Å². The molecule has 0 aliphatic heterocycles. The zero-order valence-electron chi connectivity index (χ0n) is 22.3. The van der Waals surface area contributed by atoms with Gasteiger partial charge in [0, 0.05) is 12.6 Å². The number of aliphatic hydroxyl groups is 1. The van der Waals surface area contributed by atoms with E-state index in [9.17, 15) is 13.9 Å². The van der Waals surface area contributed by atoms with Crippen molar-refractivity contribution in [1.29, 1.82) is 0 Å². The predicted molar refractivity (Wildman–Crippen MR) is 143 cm³/mol. The fourth-order valence-electron chi connectivity index (χ4n) is 6.44. The fourth-order valence-corrected chi connectivity index (χ4v) is 6.44. The molecular formula is C29H32F2N6O. The molecule has 2 bridgehead atoms. The number of benzene rings is 1. The molecule has 2 aliphatic carbocycles. The normalized spacial score (nSPS) is 22.6. The van der Waals surface area contributed by atoms with E-state index in [1.807, 2.05) is 19.1 Å². The van der Waals surface area contributed by atoms with Gasteiger partial charge in [0.25, 0.3) is 0 Å². The molecule has 1 N–H and O–H groups in total. The summed E-state index contributed by atoms with van der Waals surface area (Å²) < 4.78 is 30.7. The molecule has 38 heavy (non-hydrogen) atoms. The summed E-state index contributed by atoms with van der Waals surface area (Å²) in [5.74, 6) is -0.907. The van der Waals surface area contributed by atoms with Gasteiger partial charge in [-0.05, 0) is 81.5 Å². The van der Waals surface area contributed by atoms with Crippen molar-refractivity contribution >= 4 is 12.7 Å². The van der Waals surface area contributed by atoms with Crippen LogP contribution in [0.3, 0.4) is 0 Å². The van der Waals surface area contributed by atoms with Gasteiger partial charge in [0.15, 0.2) is 0 Å². The summed E-state index contributed by atoms with van der Waals surface area (Å²) in [5.41, 5.74) is 1.47. The van der Waals surface area contributed by atoms with Crippen LogP contribution in [-0.4, -0.2) is 43.4 Å². The van der Waals surface area contributed by atoms with Crippen molar-refractivity contribution in [3.8, 4) is 11.3 Å². The van der Waals surface area contributed by atoms with Crippen molar-refractivity contribution in [3.05, 3.63) is 76.9 Å². The van der Waals surface area contributed by atoms with Gasteiger partial charge in [-0.25, -0.2) is 23.4 Å². The Morgan fingerprint density at radius 3 is 2.58 bits per heavy atom. The summed E-state index contributed by atoms with van der Waals surface area (Å²) in [6, 6.07) is 7.40. The lowest BCUT2D eigenvalue weighted by molar-refractivity contribution is 0.0799. The maximum Gasteiger partial charge on any atom is 0.250 e. The zero-order valence-corrected chi connectivity index (χ0v) is 22.3. The maximum absolute atomic E-state index is 14.5. The van der Waals surface area contributed by atoms with Crippen LogP contribution in [0.5, 0.6) is 0 Å². The average Bonchev–Trinajstić information content (AvgIpc) is 3.46. The zero-order chi connectivity index (χ0) is 27.5. The SMILES string of the molecule is C=NC(=N/C(=C\C)[C@@]12CC[C@@H](c3cc(-c4c(F)cccc4F)nnc31)C2(C)C)n1ccc(CC(C)(C)O)n1. The summed E-state index contributed by atoms with van der Waals surface area (Å²) in [5, 5.41) is 23.6. The van der Waals surface area contributed by atoms with E-state index in [1.165, 1.54) is 18.2 Å². The summed E-state index contributed by atoms with van der Waals surface area (Å²) in [4.78, 5) is 9.11. The van der Waals surface area contributed by atoms with E-state index < -0.39 is 22.7 Å². The van der Waals surface area contributed by atoms with Crippen LogP contribution in [0.1, 0.15) is 70.3 Å². The van der Waals surface area contributed by atoms with Crippen LogP contribution in [0.2, 0.25) is 0 Å². The van der Waals surface area contributed by atoms with Gasteiger partial charge < -0.3 is 5.11 Å². The van der Waals surface area contributed by atoms with E-state index in [4.69, 9.17) is 4.99 Å². The van der Waals surface area contributed by atoms with E-state index in [0.29, 0.717) is 18.1 Å². The van der Waals surface area contributed by atoms with Gasteiger partial charge >= 0.3 is 0 Å². The third-order valence-electron chi connectivity index (χ3n) is 8.14. The monoisotopic (exact) mass is 518 g/mol. The number of halogens is 2. The Morgan fingerprint density at radius 1 is 1.24 bits per heavy atom. The molecule has 1 aromatic carbocycles. The number of allylic oxidation sites excluding steroid dienone is 2. The smallest absolute Gasteiger partial charge is 0.250 e. The molecule has 3 aromatic rings. The first kappa shape index (κ1) is 26.0. The fraction of sp³-hybridized carbons (Fsp3) is 0.414. The molecule has 2 aliphatic rings. The minimum atomic E-state index is -0.898. The molecule has 0 amide bonds. The third kappa shape index (κ3) is 3.91. The number of fused-ring (bicyclic) bond motifs is 5. The quantitative estimate of drug-likeness (QED) is 0.352. The molecule has 0 radical (unpaired) electrons. The molecule has 0 saturated heterocycles. The lowest BCUT2D eigenvalue weighted by Gasteiger charge is -2.38. The lowest BCUT2D eigenvalue weighted by Crippen LogP contribution is -2.37. The molecule has 2 heterocycles. The van der Waals surface area contributed by atoms with Crippen molar-refractivity contribution in [2.75, 3.05) is 0 Å². The van der Waals surface area contributed by atoms with E-state index in [1.54, 1.807) is 30.8 Å². The number of hydrogen-bond acceptors (Lipinski definition) is 5. The van der Waals surface area contributed by atoms with Crippen molar-refractivity contribution in [3.63, 3.8) is 0 Å². The highest BCUT2D eigenvalue weighted by molar-refractivity contribution is 5.86. The molecule has 0 spiro atoms. The van der Waals surface area contributed by atoms with E-state index in [-0.39, 0.29) is 22.6 Å². The van der Waals surface area contributed by atoms with Gasteiger partial charge in [-0.15, -0.1) is 5.10 Å². The van der Waals surface area contributed by atoms with Crippen LogP contribution in [0.25, 0.3) is 11.3 Å². The molecule has 9 heteroatoms. The van der Waals surface area contributed by atoms with Crippen molar-refractivity contribution in [1.82, 2.24) is 20.0 Å². The summed E-state index contributed by atoms with van der Waals surface area (Å²) in [6.07, 6.45) is 5.77. The van der Waals surface area contributed by atoms with Crippen molar-refractivity contribution in [2.45, 2.75) is 70.8 Å². The first-order valence-corrected chi connectivity index (χ1v) is 12.7. The number of aliphatic imine (C=N–C) groups is 2. The Kier molecular flexibility index (Phi) is 6.17. The maximum atomic E-state index is 14.5. The van der Waals surface area contributed by atoms with Crippen molar-refractivity contribution in [2.24, 2.45) is 15.4 Å². The summed E-state index contributed by atoms with van der Waals surface area (Å²) in [7, 11) is 0. The van der Waals surface area contributed by atoms with Gasteiger partial charge in [0.1, 0.15) is 11.6 Å². The highest BCUT2D eigenvalue weighted by atomic mass is 19.1. The van der Waals surface area contributed by atoms with Gasteiger partial charge in [0.2, 0.25) is 5.96 Å². The van der Waals surface area contributed by atoms with Gasteiger partial charge in [0.05, 0.1) is 39.4 Å². The number of hydrogen-bond donors (Lipinski definition) is 1. The average molecular weight is 519 g/mol. The van der Waals surface area contributed by atoms with Crippen LogP contribution in [0.15, 0.2) is 58.3 Å². The topological polar surface area (TPSA) is 88.5 Å². The highest BCUT2D eigenvalue weighted by Crippen LogP contribution is 2.70. The summed E-state index contributed by atoms with van der Waals surface area (Å²) >= 11 is 0. The molecule has 1 saturated carbocycles. The Hall–Kier alpha value is -3.59. The van der Waals surface area contributed by atoms with Crippen LogP contribution in [0.4, 0.5) is 8.78 Å². The van der Waals surface area contributed by atoms with Gasteiger partial charge in [-0.3, -0.25) is 0 Å². The van der Waals surface area contributed by atoms with Crippen LogP contribution in [0, 0.1) is 17.0 Å². The summed E-state index contributed by atoms with van der Waals surface area (Å²) in [6.45, 7) is 13.5. The third-order valence-corrected chi connectivity index (χ3v) is 8.14. The number of aromatic nitrogens is 4. The Balaban J connectivity index is 1.60. The molecule has 2 aromatic heterocycles. The van der Waals surface area contributed by atoms with Crippen LogP contribution in [-0.2, 0) is 11.8 Å². The first-order chi connectivity index (χ1) is 17.9. The van der Waals surface area contributed by atoms with Crippen LogP contribution >= 0.6 is 0 Å².